The van der Waals surface area contributed by atoms with Gasteiger partial charge < -0.3 is 25.2 Å². The van der Waals surface area contributed by atoms with Crippen molar-refractivity contribution >= 4 is 27.7 Å². The molecule has 0 fully saturated rings. The minimum atomic E-state index is -0.393. The topological polar surface area (TPSA) is 96.9 Å². The van der Waals surface area contributed by atoms with Crippen LogP contribution in [-0.2, 0) is 11.3 Å². The Labute approximate surface area is 165 Å². The van der Waals surface area contributed by atoms with Crippen molar-refractivity contribution in [2.45, 2.75) is 13.5 Å². The maximum atomic E-state index is 12.2. The smallest absolute Gasteiger partial charge is 0.257 e. The number of ether oxygens (including phenoxy) is 2. The van der Waals surface area contributed by atoms with Crippen LogP contribution in [0.3, 0.4) is 0 Å². The highest BCUT2D eigenvalue weighted by Gasteiger charge is 2.12. The summed E-state index contributed by atoms with van der Waals surface area (Å²) in [6, 6.07) is 9.83. The number of nitrogens with one attached hydrogen (secondary N) is 2. The summed E-state index contributed by atoms with van der Waals surface area (Å²) in [6.45, 7) is 2.49. The Morgan fingerprint density at radius 1 is 1.11 bits per heavy atom. The molecule has 2 aromatic carbocycles. The van der Waals surface area contributed by atoms with E-state index >= 15 is 0 Å². The lowest BCUT2D eigenvalue weighted by Crippen LogP contribution is -2.28. The number of phenolic OH excluding ortho intramolecular Hbond substituents is 1. The first-order chi connectivity index (χ1) is 12.9. The molecule has 7 nitrogen and oxygen atoms in total. The summed E-state index contributed by atoms with van der Waals surface area (Å²) < 4.78 is 11.4. The molecule has 0 aromatic heterocycles. The fraction of sp³-hybridized carbons (Fsp3) is 0.263. The molecule has 0 aliphatic rings. The minimum Gasteiger partial charge on any atom is -0.507 e. The molecule has 0 heterocycles. The average molecular weight is 437 g/mol. The molecule has 2 amide bonds. The van der Waals surface area contributed by atoms with Crippen molar-refractivity contribution in [1.82, 2.24) is 10.6 Å². The summed E-state index contributed by atoms with van der Waals surface area (Å²) in [6.07, 6.45) is 0. The van der Waals surface area contributed by atoms with Gasteiger partial charge in [0, 0.05) is 17.6 Å². The van der Waals surface area contributed by atoms with E-state index in [0.29, 0.717) is 22.5 Å². The molecule has 0 unspecified atom stereocenters. The van der Waals surface area contributed by atoms with Crippen molar-refractivity contribution in [2.24, 2.45) is 0 Å². The fourth-order valence-corrected chi connectivity index (χ4v) is 2.66. The second kappa shape index (κ2) is 9.82. The first-order valence-corrected chi connectivity index (χ1v) is 9.07. The molecule has 0 spiro atoms. The van der Waals surface area contributed by atoms with Crippen LogP contribution in [0, 0.1) is 0 Å². The van der Waals surface area contributed by atoms with Crippen molar-refractivity contribution in [2.75, 3.05) is 20.3 Å². The highest BCUT2D eigenvalue weighted by molar-refractivity contribution is 9.10. The van der Waals surface area contributed by atoms with E-state index in [2.05, 4.69) is 26.6 Å². The molecular weight excluding hydrogens is 416 g/mol. The van der Waals surface area contributed by atoms with E-state index < -0.39 is 5.91 Å². The molecule has 0 atom stereocenters. The van der Waals surface area contributed by atoms with E-state index in [-0.39, 0.29) is 30.4 Å². The second-order valence-corrected chi connectivity index (χ2v) is 6.49. The molecule has 3 N–H and O–H groups in total. The SMILES string of the molecule is CCNC(=O)COc1ccc(CNC(=O)c2ccc(Br)cc2O)cc1OC. The van der Waals surface area contributed by atoms with Gasteiger partial charge in [0.25, 0.3) is 11.8 Å². The monoisotopic (exact) mass is 436 g/mol. The van der Waals surface area contributed by atoms with Gasteiger partial charge in [-0.25, -0.2) is 0 Å². The summed E-state index contributed by atoms with van der Waals surface area (Å²) in [5.41, 5.74) is 0.967. The third-order valence-electron chi connectivity index (χ3n) is 3.62. The summed E-state index contributed by atoms with van der Waals surface area (Å²) >= 11 is 3.23. The number of benzene rings is 2. The van der Waals surface area contributed by atoms with E-state index in [0.717, 1.165) is 5.56 Å². The quantitative estimate of drug-likeness (QED) is 0.590. The Balaban J connectivity index is 2.00. The number of methoxy groups -OCH3 is 1. The van der Waals surface area contributed by atoms with Gasteiger partial charge in [0.15, 0.2) is 18.1 Å². The van der Waals surface area contributed by atoms with Gasteiger partial charge in [0.2, 0.25) is 0 Å². The highest BCUT2D eigenvalue weighted by Crippen LogP contribution is 2.28. The molecule has 0 saturated heterocycles. The van der Waals surface area contributed by atoms with Crippen molar-refractivity contribution in [3.63, 3.8) is 0 Å². The zero-order valence-electron chi connectivity index (χ0n) is 15.0. The van der Waals surface area contributed by atoms with Gasteiger partial charge in [0.05, 0.1) is 12.7 Å². The Morgan fingerprint density at radius 3 is 2.56 bits per heavy atom. The first kappa shape index (κ1) is 20.6. The molecule has 2 aromatic rings. The Morgan fingerprint density at radius 2 is 1.89 bits per heavy atom. The van der Waals surface area contributed by atoms with Crippen LogP contribution in [0.5, 0.6) is 17.2 Å². The number of likely N-dealkylation sites (N-methyl/N-ethyl adjacent to an activating group) is 1. The number of hydrogen-bond donors (Lipinski definition) is 3. The number of aromatic hydroxyl groups is 1. The lowest BCUT2D eigenvalue weighted by Gasteiger charge is -2.13. The van der Waals surface area contributed by atoms with Gasteiger partial charge in [-0.1, -0.05) is 22.0 Å². The number of hydrogen-bond acceptors (Lipinski definition) is 5. The van der Waals surface area contributed by atoms with Crippen LogP contribution < -0.4 is 20.1 Å². The van der Waals surface area contributed by atoms with Crippen molar-refractivity contribution < 1.29 is 24.2 Å². The third-order valence-corrected chi connectivity index (χ3v) is 4.11. The van der Waals surface area contributed by atoms with Crippen LogP contribution in [0.1, 0.15) is 22.8 Å². The predicted molar refractivity (Wildman–Crippen MR) is 104 cm³/mol. The number of carbonyl (C=O) groups is 2. The molecule has 27 heavy (non-hydrogen) atoms. The summed E-state index contributed by atoms with van der Waals surface area (Å²) in [5.74, 6) is 0.177. The number of halogens is 1. The largest absolute Gasteiger partial charge is 0.507 e. The molecular formula is C19H21BrN2O5. The van der Waals surface area contributed by atoms with Crippen LogP contribution in [0.25, 0.3) is 0 Å². The summed E-state index contributed by atoms with van der Waals surface area (Å²) in [5, 5.41) is 15.2. The maximum absolute atomic E-state index is 12.2. The molecule has 0 radical (unpaired) electrons. The van der Waals surface area contributed by atoms with Crippen LogP contribution in [-0.4, -0.2) is 37.2 Å². The highest BCUT2D eigenvalue weighted by atomic mass is 79.9. The summed E-state index contributed by atoms with van der Waals surface area (Å²) in [4.78, 5) is 23.7. The number of amides is 2. The van der Waals surface area contributed by atoms with Crippen molar-refractivity contribution in [3.05, 3.63) is 52.0 Å². The number of rotatable bonds is 8. The zero-order valence-corrected chi connectivity index (χ0v) is 16.6. The van der Waals surface area contributed by atoms with Gasteiger partial charge in [-0.05, 0) is 42.8 Å². The predicted octanol–water partition coefficient (Wildman–Crippen LogP) is 2.61. The van der Waals surface area contributed by atoms with Gasteiger partial charge >= 0.3 is 0 Å². The number of phenols is 1. The van der Waals surface area contributed by atoms with E-state index in [9.17, 15) is 14.7 Å². The van der Waals surface area contributed by atoms with Gasteiger partial charge in [-0.15, -0.1) is 0 Å². The van der Waals surface area contributed by atoms with Crippen molar-refractivity contribution in [3.8, 4) is 17.2 Å². The van der Waals surface area contributed by atoms with Crippen LogP contribution in [0.15, 0.2) is 40.9 Å². The molecule has 0 aliphatic carbocycles. The Kier molecular flexibility index (Phi) is 7.48. The number of carbonyl (C=O) groups excluding carboxylic acids is 2. The molecule has 0 bridgehead atoms. The van der Waals surface area contributed by atoms with E-state index in [4.69, 9.17) is 9.47 Å². The zero-order chi connectivity index (χ0) is 19.8. The second-order valence-electron chi connectivity index (χ2n) is 5.57. The Bertz CT molecular complexity index is 826. The van der Waals surface area contributed by atoms with E-state index in [1.54, 1.807) is 24.3 Å². The average Bonchev–Trinajstić information content (AvgIpc) is 2.65. The van der Waals surface area contributed by atoms with Gasteiger partial charge in [-0.2, -0.15) is 0 Å². The van der Waals surface area contributed by atoms with E-state index in [1.807, 2.05) is 6.92 Å². The van der Waals surface area contributed by atoms with Crippen LogP contribution in [0.2, 0.25) is 0 Å². The molecule has 2 rings (SSSR count). The van der Waals surface area contributed by atoms with Crippen LogP contribution in [0.4, 0.5) is 0 Å². The molecule has 0 aliphatic heterocycles. The Hall–Kier alpha value is -2.74. The van der Waals surface area contributed by atoms with Crippen molar-refractivity contribution in [1.29, 1.82) is 0 Å². The molecule has 144 valence electrons. The maximum Gasteiger partial charge on any atom is 0.257 e. The van der Waals surface area contributed by atoms with Gasteiger partial charge in [0.1, 0.15) is 5.75 Å². The minimum absolute atomic E-state index is 0.103. The first-order valence-electron chi connectivity index (χ1n) is 8.27. The summed E-state index contributed by atoms with van der Waals surface area (Å²) in [7, 11) is 1.50. The molecule has 8 heteroatoms. The van der Waals surface area contributed by atoms with E-state index in [1.165, 1.54) is 19.2 Å². The van der Waals surface area contributed by atoms with Crippen LogP contribution >= 0.6 is 15.9 Å². The lowest BCUT2D eigenvalue weighted by molar-refractivity contribution is -0.123. The van der Waals surface area contributed by atoms with Gasteiger partial charge in [-0.3, -0.25) is 9.59 Å². The third kappa shape index (κ3) is 5.89. The standard InChI is InChI=1S/C19H21BrN2O5/c1-3-21-18(24)11-27-16-7-4-12(8-17(16)26-2)10-22-19(25)14-6-5-13(20)9-15(14)23/h4-9,23H,3,10-11H2,1-2H3,(H,21,24)(H,22,25). The normalized spacial score (nSPS) is 10.2. The fourth-order valence-electron chi connectivity index (χ4n) is 2.31. The lowest BCUT2D eigenvalue weighted by atomic mass is 10.1. The molecule has 0 saturated carbocycles.